The molecular formula is C17H15N3O. The van der Waals surface area contributed by atoms with E-state index in [9.17, 15) is 4.79 Å². The minimum absolute atomic E-state index is 0.149. The number of rotatable bonds is 3. The van der Waals surface area contributed by atoms with Crippen LogP contribution in [-0.4, -0.2) is 9.97 Å². The fourth-order valence-corrected chi connectivity index (χ4v) is 2.43. The minimum atomic E-state index is -0.241. The highest BCUT2D eigenvalue weighted by Crippen LogP contribution is 2.29. The van der Waals surface area contributed by atoms with E-state index in [0.29, 0.717) is 5.82 Å². The highest BCUT2D eigenvalue weighted by atomic mass is 16.1. The first kappa shape index (κ1) is 13.1. The number of benzene rings is 2. The molecule has 0 aliphatic rings. The third-order valence-corrected chi connectivity index (χ3v) is 3.32. The molecule has 21 heavy (non-hydrogen) atoms. The molecule has 0 aliphatic carbocycles. The van der Waals surface area contributed by atoms with Crippen molar-refractivity contribution in [3.05, 3.63) is 94.0 Å². The van der Waals surface area contributed by atoms with E-state index in [2.05, 4.69) is 9.97 Å². The Balaban J connectivity index is 2.19. The van der Waals surface area contributed by atoms with Gasteiger partial charge in [-0.1, -0.05) is 60.7 Å². The maximum absolute atomic E-state index is 11.7. The first-order chi connectivity index (χ1) is 10.2. The Kier molecular flexibility index (Phi) is 3.51. The summed E-state index contributed by atoms with van der Waals surface area (Å²) in [7, 11) is 0. The number of hydrogen-bond acceptors (Lipinski definition) is 3. The smallest absolute Gasteiger partial charge is 0.252 e. The van der Waals surface area contributed by atoms with Gasteiger partial charge in [0.2, 0.25) is 0 Å². The number of nitrogens with zero attached hydrogens (tertiary/aromatic N) is 1. The second-order valence-electron chi connectivity index (χ2n) is 4.81. The Morgan fingerprint density at radius 2 is 1.43 bits per heavy atom. The van der Waals surface area contributed by atoms with Crippen LogP contribution in [-0.2, 0) is 0 Å². The maximum Gasteiger partial charge on any atom is 0.252 e. The largest absolute Gasteiger partial charge is 0.383 e. The summed E-state index contributed by atoms with van der Waals surface area (Å²) in [6, 6.07) is 21.1. The van der Waals surface area contributed by atoms with E-state index < -0.39 is 0 Å². The molecule has 0 fully saturated rings. The summed E-state index contributed by atoms with van der Waals surface area (Å²) in [6.45, 7) is 0. The summed E-state index contributed by atoms with van der Waals surface area (Å²) in [5, 5.41) is 0. The van der Waals surface area contributed by atoms with Gasteiger partial charge in [-0.3, -0.25) is 4.79 Å². The van der Waals surface area contributed by atoms with E-state index in [4.69, 9.17) is 5.73 Å². The molecule has 2 aromatic carbocycles. The van der Waals surface area contributed by atoms with Gasteiger partial charge < -0.3 is 10.7 Å². The standard InChI is InChI=1S/C17H15N3O/c18-14-11-15(21)20-17(19-14)16(12-7-3-1-4-8-12)13-9-5-2-6-10-13/h1-11,16H,(H3,18,19,20,21). The topological polar surface area (TPSA) is 71.8 Å². The van der Waals surface area contributed by atoms with Crippen molar-refractivity contribution < 1.29 is 0 Å². The van der Waals surface area contributed by atoms with E-state index in [0.717, 1.165) is 11.1 Å². The first-order valence-electron chi connectivity index (χ1n) is 6.70. The molecule has 1 aromatic heterocycles. The second kappa shape index (κ2) is 5.63. The van der Waals surface area contributed by atoms with Crippen LogP contribution in [0.2, 0.25) is 0 Å². The third-order valence-electron chi connectivity index (χ3n) is 3.32. The Bertz CT molecular complexity index is 742. The van der Waals surface area contributed by atoms with Gasteiger partial charge in [-0.25, -0.2) is 4.98 Å². The van der Waals surface area contributed by atoms with Crippen LogP contribution >= 0.6 is 0 Å². The summed E-state index contributed by atoms with van der Waals surface area (Å²) < 4.78 is 0. The van der Waals surface area contributed by atoms with Crippen molar-refractivity contribution in [3.63, 3.8) is 0 Å². The molecule has 4 nitrogen and oxygen atoms in total. The molecule has 0 atom stereocenters. The van der Waals surface area contributed by atoms with Crippen LogP contribution in [0, 0.1) is 0 Å². The van der Waals surface area contributed by atoms with Crippen molar-refractivity contribution in [2.45, 2.75) is 5.92 Å². The van der Waals surface area contributed by atoms with Crippen molar-refractivity contribution in [1.29, 1.82) is 0 Å². The van der Waals surface area contributed by atoms with Crippen LogP contribution in [0.4, 0.5) is 5.82 Å². The minimum Gasteiger partial charge on any atom is -0.383 e. The summed E-state index contributed by atoms with van der Waals surface area (Å²) in [5.74, 6) is 0.631. The molecule has 3 N–H and O–H groups in total. The number of aromatic nitrogens is 2. The molecule has 0 saturated heterocycles. The van der Waals surface area contributed by atoms with Gasteiger partial charge in [0.15, 0.2) is 0 Å². The van der Waals surface area contributed by atoms with Crippen molar-refractivity contribution in [2.24, 2.45) is 0 Å². The first-order valence-corrected chi connectivity index (χ1v) is 6.70. The number of nitrogens with two attached hydrogens (primary N) is 1. The number of H-pyrrole nitrogens is 1. The van der Waals surface area contributed by atoms with E-state index in [-0.39, 0.29) is 17.3 Å². The summed E-state index contributed by atoms with van der Waals surface area (Å²) in [5.41, 5.74) is 7.59. The quantitative estimate of drug-likeness (QED) is 0.772. The molecule has 0 aliphatic heterocycles. The second-order valence-corrected chi connectivity index (χ2v) is 4.81. The van der Waals surface area contributed by atoms with Crippen molar-refractivity contribution >= 4 is 5.82 Å². The average molecular weight is 277 g/mol. The molecule has 0 amide bonds. The van der Waals surface area contributed by atoms with E-state index in [1.165, 1.54) is 6.07 Å². The Morgan fingerprint density at radius 1 is 0.905 bits per heavy atom. The van der Waals surface area contributed by atoms with E-state index in [1.54, 1.807) is 0 Å². The molecule has 3 aromatic rings. The van der Waals surface area contributed by atoms with Crippen LogP contribution in [0.15, 0.2) is 71.5 Å². The van der Waals surface area contributed by atoms with Crippen molar-refractivity contribution in [3.8, 4) is 0 Å². The zero-order valence-corrected chi connectivity index (χ0v) is 11.4. The Hall–Kier alpha value is -2.88. The van der Waals surface area contributed by atoms with Gasteiger partial charge in [0.1, 0.15) is 11.6 Å². The summed E-state index contributed by atoms with van der Waals surface area (Å²) in [6.07, 6.45) is 0. The number of hydrogen-bond donors (Lipinski definition) is 2. The predicted octanol–water partition coefficient (Wildman–Crippen LogP) is 2.53. The lowest BCUT2D eigenvalue weighted by Crippen LogP contribution is -2.16. The fourth-order valence-electron chi connectivity index (χ4n) is 2.43. The Labute approximate surface area is 122 Å². The zero-order chi connectivity index (χ0) is 14.7. The van der Waals surface area contributed by atoms with Crippen LogP contribution in [0.25, 0.3) is 0 Å². The van der Waals surface area contributed by atoms with Gasteiger partial charge >= 0.3 is 0 Å². The van der Waals surface area contributed by atoms with Gasteiger partial charge in [0.05, 0.1) is 5.92 Å². The highest BCUT2D eigenvalue weighted by molar-refractivity contribution is 5.39. The molecule has 0 radical (unpaired) electrons. The van der Waals surface area contributed by atoms with Crippen LogP contribution in [0.1, 0.15) is 22.9 Å². The number of aromatic amines is 1. The normalized spacial score (nSPS) is 10.7. The van der Waals surface area contributed by atoms with Gasteiger partial charge in [0.25, 0.3) is 5.56 Å². The summed E-state index contributed by atoms with van der Waals surface area (Å²) in [4.78, 5) is 18.8. The third kappa shape index (κ3) is 2.84. The zero-order valence-electron chi connectivity index (χ0n) is 11.4. The monoisotopic (exact) mass is 277 g/mol. The highest BCUT2D eigenvalue weighted by Gasteiger charge is 2.19. The van der Waals surface area contributed by atoms with Crippen LogP contribution < -0.4 is 11.3 Å². The van der Waals surface area contributed by atoms with Crippen LogP contribution in [0.5, 0.6) is 0 Å². The number of nitrogen functional groups attached to an aromatic ring is 1. The summed E-state index contributed by atoms with van der Waals surface area (Å²) >= 11 is 0. The van der Waals surface area contributed by atoms with Gasteiger partial charge in [-0.05, 0) is 11.1 Å². The lowest BCUT2D eigenvalue weighted by atomic mass is 9.90. The molecule has 0 saturated carbocycles. The molecule has 0 unspecified atom stereocenters. The lowest BCUT2D eigenvalue weighted by molar-refractivity contribution is 0.847. The molecule has 104 valence electrons. The molecular weight excluding hydrogens is 262 g/mol. The van der Waals surface area contributed by atoms with E-state index >= 15 is 0 Å². The lowest BCUT2D eigenvalue weighted by Gasteiger charge is -2.17. The van der Waals surface area contributed by atoms with Crippen molar-refractivity contribution in [2.75, 3.05) is 5.73 Å². The predicted molar refractivity (Wildman–Crippen MR) is 83.1 cm³/mol. The molecule has 3 rings (SSSR count). The van der Waals surface area contributed by atoms with Gasteiger partial charge in [-0.15, -0.1) is 0 Å². The number of nitrogens with one attached hydrogen (secondary N) is 1. The number of anilines is 1. The van der Waals surface area contributed by atoms with Crippen molar-refractivity contribution in [1.82, 2.24) is 9.97 Å². The SMILES string of the molecule is Nc1cc(=O)[nH]c(C(c2ccccc2)c2ccccc2)n1. The fraction of sp³-hybridized carbons (Fsp3) is 0.0588. The van der Waals surface area contributed by atoms with E-state index in [1.807, 2.05) is 60.7 Å². The average Bonchev–Trinajstić information content (AvgIpc) is 2.49. The molecule has 0 bridgehead atoms. The molecule has 4 heteroatoms. The maximum atomic E-state index is 11.7. The van der Waals surface area contributed by atoms with Gasteiger partial charge in [0, 0.05) is 6.07 Å². The molecule has 0 spiro atoms. The Morgan fingerprint density at radius 3 is 1.90 bits per heavy atom. The van der Waals surface area contributed by atoms with Crippen LogP contribution in [0.3, 0.4) is 0 Å². The van der Waals surface area contributed by atoms with Gasteiger partial charge in [-0.2, -0.15) is 0 Å². The molecule has 1 heterocycles.